The highest BCUT2D eigenvalue weighted by Gasteiger charge is 2.25. The van der Waals surface area contributed by atoms with Crippen molar-refractivity contribution in [3.63, 3.8) is 0 Å². The van der Waals surface area contributed by atoms with Crippen molar-refractivity contribution in [3.8, 4) is 5.75 Å². The van der Waals surface area contributed by atoms with Gasteiger partial charge in [0.05, 0.1) is 13.0 Å². The summed E-state index contributed by atoms with van der Waals surface area (Å²) in [5.41, 5.74) is 0.882. The van der Waals surface area contributed by atoms with Crippen molar-refractivity contribution in [1.82, 2.24) is 5.32 Å². The van der Waals surface area contributed by atoms with Gasteiger partial charge in [-0.15, -0.1) is 0 Å². The summed E-state index contributed by atoms with van der Waals surface area (Å²) in [6.07, 6.45) is 3.42. The highest BCUT2D eigenvalue weighted by atomic mass is 19.1. The third kappa shape index (κ3) is 4.43. The molecule has 1 saturated carbocycles. The van der Waals surface area contributed by atoms with Crippen molar-refractivity contribution < 1.29 is 19.0 Å². The number of carboxylic acid groups (broad SMARTS) is 1. The Morgan fingerprint density at radius 2 is 2.10 bits per heavy atom. The van der Waals surface area contributed by atoms with Gasteiger partial charge in [0.15, 0.2) is 11.6 Å². The van der Waals surface area contributed by atoms with E-state index in [9.17, 15) is 9.18 Å². The first kappa shape index (κ1) is 15.8. The molecule has 1 aromatic carbocycles. The number of aliphatic carboxylic acids is 1. The largest absolute Gasteiger partial charge is 0.494 e. The lowest BCUT2D eigenvalue weighted by Crippen LogP contribution is -2.28. The molecule has 1 fully saturated rings. The summed E-state index contributed by atoms with van der Waals surface area (Å²) in [7, 11) is 1.45. The molecule has 1 aliphatic rings. The van der Waals surface area contributed by atoms with Crippen LogP contribution in [0.5, 0.6) is 5.75 Å². The van der Waals surface area contributed by atoms with Crippen molar-refractivity contribution in [2.45, 2.75) is 32.2 Å². The monoisotopic (exact) mass is 295 g/mol. The van der Waals surface area contributed by atoms with Crippen LogP contribution in [0.2, 0.25) is 0 Å². The molecule has 0 atom stereocenters. The molecule has 0 spiro atoms. The minimum Gasteiger partial charge on any atom is -0.494 e. The van der Waals surface area contributed by atoms with Crippen molar-refractivity contribution in [2.75, 3.05) is 13.7 Å². The van der Waals surface area contributed by atoms with Gasteiger partial charge >= 0.3 is 5.97 Å². The first-order valence-electron chi connectivity index (χ1n) is 7.36. The van der Waals surface area contributed by atoms with Crippen LogP contribution in [0.4, 0.5) is 4.39 Å². The Bertz CT molecular complexity index is 484. The van der Waals surface area contributed by atoms with Crippen molar-refractivity contribution in [2.24, 2.45) is 11.8 Å². The fraction of sp³-hybridized carbons (Fsp3) is 0.562. The van der Waals surface area contributed by atoms with E-state index in [-0.39, 0.29) is 17.5 Å². The molecule has 0 radical (unpaired) electrons. The van der Waals surface area contributed by atoms with Gasteiger partial charge in [0.1, 0.15) is 0 Å². The number of methoxy groups -OCH3 is 1. The number of hydrogen-bond acceptors (Lipinski definition) is 3. The predicted octanol–water partition coefficient (Wildman–Crippen LogP) is 2.81. The number of ether oxygens (including phenoxy) is 1. The van der Waals surface area contributed by atoms with Crippen molar-refractivity contribution in [1.29, 1.82) is 0 Å². The maximum Gasteiger partial charge on any atom is 0.306 e. The molecule has 2 rings (SSSR count). The molecule has 21 heavy (non-hydrogen) atoms. The third-order valence-corrected chi connectivity index (χ3v) is 4.17. The second-order valence-corrected chi connectivity index (χ2v) is 5.66. The lowest BCUT2D eigenvalue weighted by Gasteiger charge is -2.26. The van der Waals surface area contributed by atoms with Gasteiger partial charge in [-0.05, 0) is 55.8 Å². The average Bonchev–Trinajstić information content (AvgIpc) is 2.48. The van der Waals surface area contributed by atoms with Crippen LogP contribution in [0.3, 0.4) is 0 Å². The van der Waals surface area contributed by atoms with Crippen molar-refractivity contribution in [3.05, 3.63) is 29.6 Å². The summed E-state index contributed by atoms with van der Waals surface area (Å²) >= 11 is 0. The van der Waals surface area contributed by atoms with Crippen LogP contribution >= 0.6 is 0 Å². The van der Waals surface area contributed by atoms with Gasteiger partial charge in [0.2, 0.25) is 0 Å². The molecule has 1 aromatic rings. The van der Waals surface area contributed by atoms with Gasteiger partial charge in [-0.25, -0.2) is 4.39 Å². The van der Waals surface area contributed by atoms with E-state index in [0.717, 1.165) is 37.8 Å². The smallest absolute Gasteiger partial charge is 0.306 e. The lowest BCUT2D eigenvalue weighted by atomic mass is 9.82. The third-order valence-electron chi connectivity index (χ3n) is 4.17. The number of halogens is 1. The van der Waals surface area contributed by atoms with Crippen LogP contribution in [-0.2, 0) is 11.3 Å². The van der Waals surface area contributed by atoms with Gasteiger partial charge in [-0.2, -0.15) is 0 Å². The van der Waals surface area contributed by atoms with E-state index in [1.54, 1.807) is 6.07 Å². The second-order valence-electron chi connectivity index (χ2n) is 5.66. The minimum atomic E-state index is -0.671. The molecule has 0 aliphatic heterocycles. The normalized spacial score (nSPS) is 22.0. The Kier molecular flexibility index (Phi) is 5.56. The molecule has 0 amide bonds. The number of carboxylic acids is 1. The van der Waals surface area contributed by atoms with Crippen LogP contribution in [0, 0.1) is 17.7 Å². The average molecular weight is 295 g/mol. The fourth-order valence-electron chi connectivity index (χ4n) is 2.85. The number of benzene rings is 1. The zero-order valence-electron chi connectivity index (χ0n) is 12.3. The van der Waals surface area contributed by atoms with E-state index in [1.807, 2.05) is 6.07 Å². The van der Waals surface area contributed by atoms with Gasteiger partial charge in [0, 0.05) is 6.54 Å². The van der Waals surface area contributed by atoms with Crippen LogP contribution in [0.25, 0.3) is 0 Å². The van der Waals surface area contributed by atoms with Gasteiger partial charge in [0.25, 0.3) is 0 Å². The summed E-state index contributed by atoms with van der Waals surface area (Å²) in [5, 5.41) is 12.3. The Morgan fingerprint density at radius 3 is 2.67 bits per heavy atom. The maximum atomic E-state index is 13.5. The molecule has 116 valence electrons. The number of nitrogens with one attached hydrogen (secondary N) is 1. The summed E-state index contributed by atoms with van der Waals surface area (Å²) in [5.74, 6) is -0.416. The molecular weight excluding hydrogens is 273 g/mol. The quantitative estimate of drug-likeness (QED) is 0.847. The van der Waals surface area contributed by atoms with Crippen LogP contribution in [-0.4, -0.2) is 24.7 Å². The maximum absolute atomic E-state index is 13.5. The Morgan fingerprint density at radius 1 is 1.38 bits per heavy atom. The summed E-state index contributed by atoms with van der Waals surface area (Å²) in [6, 6.07) is 4.95. The molecule has 0 aromatic heterocycles. The van der Waals surface area contributed by atoms with Crippen LogP contribution < -0.4 is 10.1 Å². The highest BCUT2D eigenvalue weighted by molar-refractivity contribution is 5.69. The molecular formula is C16H22FNO3. The SMILES string of the molecule is COc1ccc(CNCC2CCC(C(=O)O)CC2)cc1F. The number of hydrogen-bond donors (Lipinski definition) is 2. The predicted molar refractivity (Wildman–Crippen MR) is 77.7 cm³/mol. The topological polar surface area (TPSA) is 58.6 Å². The molecule has 0 heterocycles. The Labute approximate surface area is 124 Å². The molecule has 2 N–H and O–H groups in total. The van der Waals surface area contributed by atoms with Crippen LogP contribution in [0.15, 0.2) is 18.2 Å². The van der Waals surface area contributed by atoms with Gasteiger partial charge in [-0.3, -0.25) is 4.79 Å². The van der Waals surface area contributed by atoms with E-state index < -0.39 is 5.97 Å². The van der Waals surface area contributed by atoms with Crippen molar-refractivity contribution >= 4 is 5.97 Å². The zero-order chi connectivity index (χ0) is 15.2. The molecule has 0 unspecified atom stereocenters. The molecule has 4 nitrogen and oxygen atoms in total. The molecule has 5 heteroatoms. The van der Waals surface area contributed by atoms with E-state index >= 15 is 0 Å². The zero-order valence-corrected chi connectivity index (χ0v) is 12.3. The first-order valence-corrected chi connectivity index (χ1v) is 7.36. The fourth-order valence-corrected chi connectivity index (χ4v) is 2.85. The minimum absolute atomic E-state index is 0.170. The summed E-state index contributed by atoms with van der Waals surface area (Å²) in [6.45, 7) is 1.46. The van der Waals surface area contributed by atoms with Gasteiger partial charge in [-0.1, -0.05) is 6.07 Å². The lowest BCUT2D eigenvalue weighted by molar-refractivity contribution is -0.143. The van der Waals surface area contributed by atoms with E-state index in [0.29, 0.717) is 12.5 Å². The second kappa shape index (κ2) is 7.41. The van der Waals surface area contributed by atoms with E-state index in [4.69, 9.17) is 9.84 Å². The summed E-state index contributed by atoms with van der Waals surface area (Å²) < 4.78 is 18.4. The van der Waals surface area contributed by atoms with E-state index in [2.05, 4.69) is 5.32 Å². The van der Waals surface area contributed by atoms with Crippen LogP contribution in [0.1, 0.15) is 31.2 Å². The molecule has 0 saturated heterocycles. The number of carbonyl (C=O) groups is 1. The Hall–Kier alpha value is -1.62. The molecule has 1 aliphatic carbocycles. The number of rotatable bonds is 6. The van der Waals surface area contributed by atoms with Gasteiger partial charge < -0.3 is 15.2 Å². The highest BCUT2D eigenvalue weighted by Crippen LogP contribution is 2.28. The first-order chi connectivity index (χ1) is 10.1. The van der Waals surface area contributed by atoms with E-state index in [1.165, 1.54) is 13.2 Å². The summed E-state index contributed by atoms with van der Waals surface area (Å²) in [4.78, 5) is 10.9. The Balaban J connectivity index is 1.73. The molecule has 0 bridgehead atoms. The standard InChI is InChI=1S/C16H22FNO3/c1-21-15-7-4-12(8-14(15)17)10-18-9-11-2-5-13(6-3-11)16(19)20/h4,7-8,11,13,18H,2-3,5-6,9-10H2,1H3,(H,19,20).